The molecule has 24 heavy (non-hydrogen) atoms. The standard InChI is InChI=1S/C17H15BrN4O2/c18-13-8-4-5-9-14(13)19-17(24)15-10-22(21-20-15)11-16(23)12-6-2-1-3-7-12/h1-10,16,23H,11H2,(H,19,24)/t16-/m0/s1. The molecule has 0 aliphatic rings. The van der Waals surface area contributed by atoms with Crippen molar-refractivity contribution < 1.29 is 9.90 Å². The molecule has 122 valence electrons. The van der Waals surface area contributed by atoms with Crippen LogP contribution in [-0.2, 0) is 6.54 Å². The maximum Gasteiger partial charge on any atom is 0.277 e. The lowest BCUT2D eigenvalue weighted by Crippen LogP contribution is -2.13. The number of anilines is 1. The number of halogens is 1. The van der Waals surface area contributed by atoms with Gasteiger partial charge in [0, 0.05) is 4.47 Å². The minimum absolute atomic E-state index is 0.186. The molecule has 0 unspecified atom stereocenters. The van der Waals surface area contributed by atoms with E-state index in [1.54, 1.807) is 6.07 Å². The van der Waals surface area contributed by atoms with Crippen molar-refractivity contribution in [2.24, 2.45) is 0 Å². The van der Waals surface area contributed by atoms with Crippen LogP contribution in [0.3, 0.4) is 0 Å². The summed E-state index contributed by atoms with van der Waals surface area (Å²) in [5.74, 6) is -0.359. The Morgan fingerprint density at radius 1 is 1.17 bits per heavy atom. The minimum atomic E-state index is -0.716. The molecule has 2 N–H and O–H groups in total. The van der Waals surface area contributed by atoms with Gasteiger partial charge in [0.2, 0.25) is 0 Å². The van der Waals surface area contributed by atoms with Crippen LogP contribution < -0.4 is 5.32 Å². The second-order valence-electron chi connectivity index (χ2n) is 5.19. The Morgan fingerprint density at radius 3 is 2.62 bits per heavy atom. The van der Waals surface area contributed by atoms with Crippen molar-refractivity contribution in [2.45, 2.75) is 12.6 Å². The summed E-state index contributed by atoms with van der Waals surface area (Å²) in [7, 11) is 0. The number of amides is 1. The first-order chi connectivity index (χ1) is 11.6. The first kappa shape index (κ1) is 16.4. The van der Waals surface area contributed by atoms with E-state index in [-0.39, 0.29) is 18.1 Å². The summed E-state index contributed by atoms with van der Waals surface area (Å²) in [5, 5.41) is 20.7. The topological polar surface area (TPSA) is 80.0 Å². The molecule has 6 nitrogen and oxygen atoms in total. The number of rotatable bonds is 5. The van der Waals surface area contributed by atoms with Crippen molar-refractivity contribution in [3.05, 3.63) is 76.5 Å². The predicted molar refractivity (Wildman–Crippen MR) is 93.5 cm³/mol. The van der Waals surface area contributed by atoms with Crippen LogP contribution in [0, 0.1) is 0 Å². The maximum atomic E-state index is 12.2. The maximum absolute atomic E-state index is 12.2. The van der Waals surface area contributed by atoms with E-state index < -0.39 is 6.10 Å². The molecule has 1 atom stereocenters. The highest BCUT2D eigenvalue weighted by Gasteiger charge is 2.14. The summed E-state index contributed by atoms with van der Waals surface area (Å²) in [6, 6.07) is 16.6. The Bertz CT molecular complexity index is 835. The Labute approximate surface area is 147 Å². The molecule has 0 radical (unpaired) electrons. The van der Waals surface area contributed by atoms with Gasteiger partial charge < -0.3 is 10.4 Å². The van der Waals surface area contributed by atoms with Gasteiger partial charge in [-0.3, -0.25) is 4.79 Å². The van der Waals surface area contributed by atoms with Crippen molar-refractivity contribution in [2.75, 3.05) is 5.32 Å². The molecule has 0 bridgehead atoms. The SMILES string of the molecule is O=C(Nc1ccccc1Br)c1cn(C[C@H](O)c2ccccc2)nn1. The fourth-order valence-corrected chi connectivity index (χ4v) is 2.58. The van der Waals surface area contributed by atoms with Crippen LogP contribution in [-0.4, -0.2) is 26.0 Å². The van der Waals surface area contributed by atoms with E-state index >= 15 is 0 Å². The van der Waals surface area contributed by atoms with Crippen LogP contribution in [0.2, 0.25) is 0 Å². The Morgan fingerprint density at radius 2 is 1.88 bits per heavy atom. The molecular weight excluding hydrogens is 372 g/mol. The lowest BCUT2D eigenvalue weighted by Gasteiger charge is -2.09. The highest BCUT2D eigenvalue weighted by atomic mass is 79.9. The highest BCUT2D eigenvalue weighted by molar-refractivity contribution is 9.10. The molecule has 0 saturated carbocycles. The second kappa shape index (κ2) is 7.37. The van der Waals surface area contributed by atoms with Crippen molar-refractivity contribution in [1.82, 2.24) is 15.0 Å². The van der Waals surface area contributed by atoms with Gasteiger partial charge in [-0.25, -0.2) is 4.68 Å². The monoisotopic (exact) mass is 386 g/mol. The number of nitrogens with zero attached hydrogens (tertiary/aromatic N) is 3. The second-order valence-corrected chi connectivity index (χ2v) is 6.04. The van der Waals surface area contributed by atoms with Crippen LogP contribution in [0.4, 0.5) is 5.69 Å². The molecular formula is C17H15BrN4O2. The quantitative estimate of drug-likeness (QED) is 0.706. The number of carbonyl (C=O) groups is 1. The van der Waals surface area contributed by atoms with Crippen molar-refractivity contribution in [3.63, 3.8) is 0 Å². The average molecular weight is 387 g/mol. The van der Waals surface area contributed by atoms with E-state index in [0.29, 0.717) is 5.69 Å². The summed E-state index contributed by atoms with van der Waals surface area (Å²) in [6.07, 6.45) is 0.797. The number of aromatic nitrogens is 3. The number of aliphatic hydroxyl groups is 1. The van der Waals surface area contributed by atoms with E-state index in [9.17, 15) is 9.90 Å². The molecule has 0 spiro atoms. The third-order valence-electron chi connectivity index (χ3n) is 3.44. The van der Waals surface area contributed by atoms with Crippen LogP contribution in [0.5, 0.6) is 0 Å². The van der Waals surface area contributed by atoms with E-state index in [0.717, 1.165) is 10.0 Å². The summed E-state index contributed by atoms with van der Waals surface area (Å²) in [5.41, 5.74) is 1.62. The molecule has 1 heterocycles. The summed E-state index contributed by atoms with van der Waals surface area (Å²) >= 11 is 3.37. The Kier molecular flexibility index (Phi) is 5.02. The smallest absolute Gasteiger partial charge is 0.277 e. The van der Waals surface area contributed by atoms with Crippen LogP contribution in [0.25, 0.3) is 0 Å². The fraction of sp³-hybridized carbons (Fsp3) is 0.118. The number of nitrogens with one attached hydrogen (secondary N) is 1. The molecule has 0 fully saturated rings. The van der Waals surface area contributed by atoms with E-state index in [1.165, 1.54) is 10.9 Å². The molecule has 1 aromatic heterocycles. The van der Waals surface area contributed by atoms with E-state index in [1.807, 2.05) is 48.5 Å². The third-order valence-corrected chi connectivity index (χ3v) is 4.13. The molecule has 0 aliphatic carbocycles. The van der Waals surface area contributed by atoms with Gasteiger partial charge in [0.05, 0.1) is 24.5 Å². The number of hydrogen-bond acceptors (Lipinski definition) is 4. The Hall–Kier alpha value is -2.51. The van der Waals surface area contributed by atoms with Gasteiger partial charge in [0.15, 0.2) is 5.69 Å². The van der Waals surface area contributed by atoms with Crippen molar-refractivity contribution >= 4 is 27.5 Å². The molecule has 0 aliphatic heterocycles. The average Bonchev–Trinajstić information content (AvgIpc) is 3.06. The van der Waals surface area contributed by atoms with Crippen LogP contribution in [0.15, 0.2) is 65.3 Å². The molecule has 3 rings (SSSR count). The molecule has 3 aromatic rings. The lowest BCUT2D eigenvalue weighted by atomic mass is 10.1. The largest absolute Gasteiger partial charge is 0.386 e. The fourth-order valence-electron chi connectivity index (χ4n) is 2.20. The number of aliphatic hydroxyl groups excluding tert-OH is 1. The van der Waals surface area contributed by atoms with Gasteiger partial charge in [-0.05, 0) is 33.6 Å². The number of para-hydroxylation sites is 1. The summed E-state index contributed by atoms with van der Waals surface area (Å²) in [6.45, 7) is 0.222. The predicted octanol–water partition coefficient (Wildman–Crippen LogP) is 3.03. The van der Waals surface area contributed by atoms with E-state index in [4.69, 9.17) is 0 Å². The summed E-state index contributed by atoms with van der Waals surface area (Å²) < 4.78 is 2.23. The number of hydrogen-bond donors (Lipinski definition) is 2. The normalized spacial score (nSPS) is 11.9. The van der Waals surface area contributed by atoms with Gasteiger partial charge >= 0.3 is 0 Å². The zero-order valence-electron chi connectivity index (χ0n) is 12.6. The van der Waals surface area contributed by atoms with Crippen LogP contribution >= 0.6 is 15.9 Å². The van der Waals surface area contributed by atoms with Gasteiger partial charge in [0.25, 0.3) is 5.91 Å². The van der Waals surface area contributed by atoms with Gasteiger partial charge in [-0.2, -0.15) is 0 Å². The zero-order chi connectivity index (χ0) is 16.9. The number of carbonyl (C=O) groups excluding carboxylic acids is 1. The van der Waals surface area contributed by atoms with Gasteiger partial charge in [-0.15, -0.1) is 5.10 Å². The van der Waals surface area contributed by atoms with Gasteiger partial charge in [-0.1, -0.05) is 47.7 Å². The third kappa shape index (κ3) is 3.87. The first-order valence-corrected chi connectivity index (χ1v) is 8.12. The van der Waals surface area contributed by atoms with Crippen molar-refractivity contribution in [1.29, 1.82) is 0 Å². The van der Waals surface area contributed by atoms with Gasteiger partial charge in [0.1, 0.15) is 0 Å². The van der Waals surface area contributed by atoms with Crippen LogP contribution in [0.1, 0.15) is 22.2 Å². The minimum Gasteiger partial charge on any atom is -0.386 e. The lowest BCUT2D eigenvalue weighted by molar-refractivity contribution is 0.102. The molecule has 1 amide bonds. The Balaban J connectivity index is 1.67. The zero-order valence-corrected chi connectivity index (χ0v) is 14.2. The summed E-state index contributed by atoms with van der Waals surface area (Å²) in [4.78, 5) is 12.2. The first-order valence-electron chi connectivity index (χ1n) is 7.32. The van der Waals surface area contributed by atoms with E-state index in [2.05, 4.69) is 31.6 Å². The molecule has 7 heteroatoms. The number of benzene rings is 2. The molecule has 2 aromatic carbocycles. The van der Waals surface area contributed by atoms with Crippen molar-refractivity contribution in [3.8, 4) is 0 Å². The molecule has 0 saturated heterocycles. The highest BCUT2D eigenvalue weighted by Crippen LogP contribution is 2.21.